The van der Waals surface area contributed by atoms with E-state index in [1.807, 2.05) is 59.9 Å². The van der Waals surface area contributed by atoms with Gasteiger partial charge >= 0.3 is 0 Å². The fraction of sp³-hybridized carbons (Fsp3) is 0. The minimum absolute atomic E-state index is 0.594. The van der Waals surface area contributed by atoms with E-state index in [0.717, 1.165) is 55.3 Å². The Morgan fingerprint density at radius 1 is 0.321 bits per heavy atom. The number of benzene rings is 8. The van der Waals surface area contributed by atoms with Crippen LogP contribution in [0.1, 0.15) is 0 Å². The summed E-state index contributed by atoms with van der Waals surface area (Å²) in [6, 6.07) is 65.7. The highest BCUT2D eigenvalue weighted by molar-refractivity contribution is 7.26. The molecule has 0 aliphatic rings. The number of aromatic nitrogens is 3. The molecule has 0 atom stereocenters. The van der Waals surface area contributed by atoms with Crippen LogP contribution in [0.3, 0.4) is 0 Å². The van der Waals surface area contributed by atoms with Crippen LogP contribution in [0.25, 0.3) is 110 Å². The second-order valence-electron chi connectivity index (χ2n) is 14.0. The number of hydrogen-bond donors (Lipinski definition) is 0. The van der Waals surface area contributed by atoms with E-state index in [1.54, 1.807) is 0 Å². The topological polar surface area (TPSA) is 51.8 Å². The van der Waals surface area contributed by atoms with Crippen LogP contribution in [0.4, 0.5) is 0 Å². The van der Waals surface area contributed by atoms with Gasteiger partial charge in [0, 0.05) is 47.6 Å². The van der Waals surface area contributed by atoms with Crippen molar-refractivity contribution in [2.75, 3.05) is 0 Å². The molecule has 0 fully saturated rings. The van der Waals surface area contributed by atoms with Crippen molar-refractivity contribution in [3.63, 3.8) is 0 Å². The monoisotopic (exact) mass is 733 g/mol. The van der Waals surface area contributed by atoms with E-state index in [9.17, 15) is 0 Å². The highest BCUT2D eigenvalue weighted by Crippen LogP contribution is 2.45. The van der Waals surface area contributed by atoms with E-state index < -0.39 is 0 Å². The van der Waals surface area contributed by atoms with Gasteiger partial charge in [0.2, 0.25) is 0 Å². The molecule has 4 nitrogen and oxygen atoms in total. The van der Waals surface area contributed by atoms with Gasteiger partial charge in [-0.2, -0.15) is 0 Å². The smallest absolute Gasteiger partial charge is 0.164 e. The fourth-order valence-electron chi connectivity index (χ4n) is 7.84. The van der Waals surface area contributed by atoms with Crippen LogP contribution >= 0.6 is 11.3 Å². The summed E-state index contributed by atoms with van der Waals surface area (Å²) in [7, 11) is 0. The Bertz CT molecular complexity index is 3230. The van der Waals surface area contributed by atoms with Crippen LogP contribution in [0.15, 0.2) is 192 Å². The Labute approximate surface area is 327 Å². The molecule has 11 rings (SSSR count). The number of thiophene rings is 1. The molecule has 0 saturated carbocycles. The van der Waals surface area contributed by atoms with Crippen LogP contribution in [0.5, 0.6) is 0 Å². The van der Waals surface area contributed by atoms with Crippen molar-refractivity contribution >= 4 is 53.4 Å². The van der Waals surface area contributed by atoms with Crippen molar-refractivity contribution in [3.8, 4) is 67.5 Å². The highest BCUT2D eigenvalue weighted by atomic mass is 32.1. The lowest BCUT2D eigenvalue weighted by molar-refractivity contribution is 0.669. The molecule has 3 heterocycles. The molecule has 0 N–H and O–H groups in total. The van der Waals surface area contributed by atoms with Gasteiger partial charge in [-0.25, -0.2) is 15.0 Å². The summed E-state index contributed by atoms with van der Waals surface area (Å²) >= 11 is 1.84. The van der Waals surface area contributed by atoms with Gasteiger partial charge in [0.25, 0.3) is 0 Å². The molecule has 262 valence electrons. The highest BCUT2D eigenvalue weighted by Gasteiger charge is 2.20. The number of furan rings is 1. The maximum absolute atomic E-state index is 6.56. The van der Waals surface area contributed by atoms with Gasteiger partial charge in [-0.1, -0.05) is 152 Å². The predicted molar refractivity (Wildman–Crippen MR) is 233 cm³/mol. The summed E-state index contributed by atoms with van der Waals surface area (Å²) < 4.78 is 9.10. The summed E-state index contributed by atoms with van der Waals surface area (Å²) in [5.74, 6) is 1.83. The van der Waals surface area contributed by atoms with Gasteiger partial charge < -0.3 is 4.42 Å². The summed E-state index contributed by atoms with van der Waals surface area (Å²) in [6.45, 7) is 0. The second kappa shape index (κ2) is 13.3. The van der Waals surface area contributed by atoms with Crippen molar-refractivity contribution in [3.05, 3.63) is 188 Å². The van der Waals surface area contributed by atoms with Gasteiger partial charge in [-0.05, 0) is 69.8 Å². The molecule has 0 radical (unpaired) electrons. The molecule has 0 bridgehead atoms. The van der Waals surface area contributed by atoms with Crippen LogP contribution < -0.4 is 0 Å². The Balaban J connectivity index is 1.11. The van der Waals surface area contributed by atoms with Gasteiger partial charge in [-0.3, -0.25) is 0 Å². The third-order valence-corrected chi connectivity index (χ3v) is 11.7. The number of hydrogen-bond acceptors (Lipinski definition) is 5. The van der Waals surface area contributed by atoms with E-state index in [-0.39, 0.29) is 0 Å². The SMILES string of the molecule is c1ccc(-c2ccc(-c3nc(-c4ccccc4)nc(-c4cccc5oc6ccc(-c7cc(-c8ccccc8)cc8sc9ccccc9c78)cc6c45)n3)cc2)cc1. The average Bonchev–Trinajstić information content (AvgIpc) is 3.85. The molecule has 8 aromatic carbocycles. The molecule has 0 aliphatic carbocycles. The van der Waals surface area contributed by atoms with E-state index in [0.29, 0.717) is 17.5 Å². The zero-order valence-electron chi connectivity index (χ0n) is 30.1. The van der Waals surface area contributed by atoms with Crippen molar-refractivity contribution < 1.29 is 4.42 Å². The Kier molecular flexibility index (Phi) is 7.64. The maximum Gasteiger partial charge on any atom is 0.164 e. The molecule has 0 aliphatic heterocycles. The minimum atomic E-state index is 0.594. The van der Waals surface area contributed by atoms with Gasteiger partial charge in [-0.15, -0.1) is 11.3 Å². The van der Waals surface area contributed by atoms with Crippen LogP contribution in [0, 0.1) is 0 Å². The fourth-order valence-corrected chi connectivity index (χ4v) is 9.02. The van der Waals surface area contributed by atoms with E-state index >= 15 is 0 Å². The normalized spacial score (nSPS) is 11.6. The van der Waals surface area contributed by atoms with Crippen LogP contribution in [-0.4, -0.2) is 15.0 Å². The second-order valence-corrected chi connectivity index (χ2v) is 15.1. The molecule has 0 saturated heterocycles. The Hall–Kier alpha value is -7.21. The van der Waals surface area contributed by atoms with Crippen molar-refractivity contribution in [1.29, 1.82) is 0 Å². The number of rotatable bonds is 6. The number of nitrogens with zero attached hydrogens (tertiary/aromatic N) is 3. The lowest BCUT2D eigenvalue weighted by Crippen LogP contribution is -2.00. The van der Waals surface area contributed by atoms with E-state index in [1.165, 1.54) is 36.9 Å². The third-order valence-electron chi connectivity index (χ3n) is 10.6. The van der Waals surface area contributed by atoms with E-state index in [4.69, 9.17) is 19.4 Å². The molecular weight excluding hydrogens is 703 g/mol. The standard InChI is InChI=1S/C51H31N3OS/c1-4-13-32(14-5-1)34-23-25-36(26-24-34)50-52-49(35-17-8-3-9-18-35)53-51(54-50)40-20-12-21-44-47(40)42-29-37(27-28-43(42)55-44)41-30-38(33-15-6-2-7-16-33)31-46-48(41)39-19-10-11-22-45(39)56-46/h1-31H. The van der Waals surface area contributed by atoms with Crippen LogP contribution in [-0.2, 0) is 0 Å². The Morgan fingerprint density at radius 2 is 0.893 bits per heavy atom. The molecule has 0 spiro atoms. The Morgan fingerprint density at radius 3 is 1.62 bits per heavy atom. The largest absolute Gasteiger partial charge is 0.456 e. The number of fused-ring (bicyclic) bond motifs is 6. The van der Waals surface area contributed by atoms with E-state index in [2.05, 4.69) is 140 Å². The quantitative estimate of drug-likeness (QED) is 0.171. The van der Waals surface area contributed by atoms with Crippen molar-refractivity contribution in [2.24, 2.45) is 0 Å². The summed E-state index contributed by atoms with van der Waals surface area (Å²) in [6.07, 6.45) is 0. The van der Waals surface area contributed by atoms with Gasteiger partial charge in [0.1, 0.15) is 11.2 Å². The first-order valence-corrected chi connectivity index (χ1v) is 19.5. The minimum Gasteiger partial charge on any atom is -0.456 e. The molecular formula is C51H31N3OS. The first-order valence-electron chi connectivity index (χ1n) is 18.7. The average molecular weight is 734 g/mol. The molecule has 0 unspecified atom stereocenters. The third kappa shape index (κ3) is 5.56. The molecule has 11 aromatic rings. The lowest BCUT2D eigenvalue weighted by atomic mass is 9.93. The van der Waals surface area contributed by atoms with Gasteiger partial charge in [0.15, 0.2) is 17.5 Å². The zero-order chi connectivity index (χ0) is 37.0. The molecule has 5 heteroatoms. The maximum atomic E-state index is 6.56. The van der Waals surface area contributed by atoms with Crippen LogP contribution in [0.2, 0.25) is 0 Å². The van der Waals surface area contributed by atoms with Gasteiger partial charge in [0.05, 0.1) is 0 Å². The van der Waals surface area contributed by atoms with Crippen molar-refractivity contribution in [2.45, 2.75) is 0 Å². The first-order chi connectivity index (χ1) is 27.7. The predicted octanol–water partition coefficient (Wildman–Crippen LogP) is 14.1. The molecule has 0 amide bonds. The summed E-state index contributed by atoms with van der Waals surface area (Å²) in [4.78, 5) is 15.3. The molecule has 56 heavy (non-hydrogen) atoms. The zero-order valence-corrected chi connectivity index (χ0v) is 30.9. The summed E-state index contributed by atoms with van der Waals surface area (Å²) in [5.41, 5.74) is 11.4. The van der Waals surface area contributed by atoms with Crippen molar-refractivity contribution in [1.82, 2.24) is 15.0 Å². The first kappa shape index (κ1) is 32.2. The molecule has 3 aromatic heterocycles. The summed E-state index contributed by atoms with van der Waals surface area (Å²) in [5, 5.41) is 4.53. The lowest BCUT2D eigenvalue weighted by Gasteiger charge is -2.11.